The molecule has 1 saturated heterocycles. The average molecular weight is 220 g/mol. The summed E-state index contributed by atoms with van der Waals surface area (Å²) in [5.74, 6) is 0.872. The Balaban J connectivity index is 1.80. The van der Waals surface area contributed by atoms with Crippen molar-refractivity contribution in [3.8, 4) is 0 Å². The van der Waals surface area contributed by atoms with E-state index < -0.39 is 0 Å². The topological polar surface area (TPSA) is 41.0 Å². The van der Waals surface area contributed by atoms with Crippen LogP contribution in [0.3, 0.4) is 0 Å². The highest BCUT2D eigenvalue weighted by atomic mass is 15.2. The zero-order chi connectivity index (χ0) is 11.4. The quantitative estimate of drug-likeness (QED) is 0.838. The van der Waals surface area contributed by atoms with Crippen LogP contribution in [0.4, 0.5) is 5.82 Å². The van der Waals surface area contributed by atoms with E-state index in [4.69, 9.17) is 0 Å². The van der Waals surface area contributed by atoms with Crippen LogP contribution in [0.15, 0.2) is 12.1 Å². The van der Waals surface area contributed by atoms with E-state index in [1.165, 1.54) is 25.9 Å². The monoisotopic (exact) mass is 220 g/mol. The molecule has 0 bridgehead atoms. The number of likely N-dealkylation sites (tertiary alicyclic amines) is 1. The lowest BCUT2D eigenvalue weighted by Gasteiger charge is -2.23. The molecule has 1 aromatic rings. The zero-order valence-corrected chi connectivity index (χ0v) is 10.1. The van der Waals surface area contributed by atoms with Crippen molar-refractivity contribution in [2.75, 3.05) is 25.0 Å². The third-order valence-corrected chi connectivity index (χ3v) is 3.14. The Hall–Kier alpha value is -1.16. The van der Waals surface area contributed by atoms with Gasteiger partial charge in [-0.05, 0) is 51.9 Å². The predicted molar refractivity (Wildman–Crippen MR) is 65.5 cm³/mol. The summed E-state index contributed by atoms with van der Waals surface area (Å²) in [6.07, 6.45) is 2.68. The van der Waals surface area contributed by atoms with E-state index in [2.05, 4.69) is 27.3 Å². The number of nitrogens with zero attached hydrogens (tertiary/aromatic N) is 3. The highest BCUT2D eigenvalue weighted by molar-refractivity contribution is 5.32. The fourth-order valence-corrected chi connectivity index (χ4v) is 2.06. The fraction of sp³-hybridized carbons (Fsp3) is 0.667. The largest absolute Gasteiger partial charge is 0.367 e. The number of hydrogen-bond acceptors (Lipinski definition) is 4. The van der Waals surface area contributed by atoms with Crippen LogP contribution >= 0.6 is 0 Å². The standard InChI is InChI=1S/C12H20N4/c1-10-5-6-12(15-14-10)13-9-11(2)16-7-3-4-8-16/h5-6,11H,3-4,7-9H2,1-2H3,(H,13,15). The number of hydrogen-bond donors (Lipinski definition) is 1. The van der Waals surface area contributed by atoms with Crippen molar-refractivity contribution in [2.24, 2.45) is 0 Å². The molecular formula is C12H20N4. The van der Waals surface area contributed by atoms with E-state index in [0.29, 0.717) is 6.04 Å². The first-order valence-corrected chi connectivity index (χ1v) is 6.04. The molecule has 1 fully saturated rings. The number of nitrogens with one attached hydrogen (secondary N) is 1. The first kappa shape index (κ1) is 11.3. The second kappa shape index (κ2) is 5.25. The number of aromatic nitrogens is 2. The van der Waals surface area contributed by atoms with Crippen molar-refractivity contribution in [2.45, 2.75) is 32.7 Å². The van der Waals surface area contributed by atoms with Gasteiger partial charge in [-0.1, -0.05) is 0 Å². The lowest BCUT2D eigenvalue weighted by Crippen LogP contribution is -2.35. The molecule has 0 amide bonds. The molecule has 0 radical (unpaired) electrons. The first-order valence-electron chi connectivity index (χ1n) is 6.04. The van der Waals surface area contributed by atoms with E-state index in [0.717, 1.165) is 18.1 Å². The van der Waals surface area contributed by atoms with Gasteiger partial charge in [-0.2, -0.15) is 5.10 Å². The van der Waals surface area contributed by atoms with Crippen molar-refractivity contribution in [3.05, 3.63) is 17.8 Å². The van der Waals surface area contributed by atoms with Gasteiger partial charge in [0.05, 0.1) is 5.69 Å². The van der Waals surface area contributed by atoms with E-state index in [-0.39, 0.29) is 0 Å². The molecule has 1 unspecified atom stereocenters. The van der Waals surface area contributed by atoms with Gasteiger partial charge in [0.2, 0.25) is 0 Å². The third-order valence-electron chi connectivity index (χ3n) is 3.14. The van der Waals surface area contributed by atoms with Crippen LogP contribution in [0.25, 0.3) is 0 Å². The Morgan fingerprint density at radius 3 is 2.69 bits per heavy atom. The maximum Gasteiger partial charge on any atom is 0.148 e. The van der Waals surface area contributed by atoms with Crippen molar-refractivity contribution < 1.29 is 0 Å². The van der Waals surface area contributed by atoms with Gasteiger partial charge in [0.15, 0.2) is 0 Å². The first-order chi connectivity index (χ1) is 7.75. The average Bonchev–Trinajstić information content (AvgIpc) is 2.81. The number of aryl methyl sites for hydroxylation is 1. The molecular weight excluding hydrogens is 200 g/mol. The molecule has 16 heavy (non-hydrogen) atoms. The Morgan fingerprint density at radius 1 is 1.31 bits per heavy atom. The molecule has 0 spiro atoms. The van der Waals surface area contributed by atoms with Gasteiger partial charge in [0, 0.05) is 12.6 Å². The molecule has 2 heterocycles. The van der Waals surface area contributed by atoms with Gasteiger partial charge in [0.25, 0.3) is 0 Å². The summed E-state index contributed by atoms with van der Waals surface area (Å²) in [6, 6.07) is 4.54. The van der Waals surface area contributed by atoms with Crippen molar-refractivity contribution in [1.29, 1.82) is 0 Å². The van der Waals surface area contributed by atoms with E-state index in [1.54, 1.807) is 0 Å². The molecule has 2 rings (SSSR count). The third kappa shape index (κ3) is 2.92. The molecule has 1 aliphatic heterocycles. The summed E-state index contributed by atoms with van der Waals surface area (Å²) in [7, 11) is 0. The second-order valence-electron chi connectivity index (χ2n) is 4.53. The summed E-state index contributed by atoms with van der Waals surface area (Å²) in [6.45, 7) is 7.63. The van der Waals surface area contributed by atoms with Crippen molar-refractivity contribution in [1.82, 2.24) is 15.1 Å². The van der Waals surface area contributed by atoms with Crippen molar-refractivity contribution in [3.63, 3.8) is 0 Å². The van der Waals surface area contributed by atoms with Gasteiger partial charge < -0.3 is 5.32 Å². The Kier molecular flexibility index (Phi) is 3.72. The SMILES string of the molecule is Cc1ccc(NCC(C)N2CCCC2)nn1. The Bertz CT molecular complexity index is 316. The predicted octanol–water partition coefficient (Wildman–Crippen LogP) is 1.68. The highest BCUT2D eigenvalue weighted by Crippen LogP contribution is 2.12. The lowest BCUT2D eigenvalue weighted by molar-refractivity contribution is 0.269. The summed E-state index contributed by atoms with van der Waals surface area (Å²) < 4.78 is 0. The van der Waals surface area contributed by atoms with Crippen LogP contribution in [0, 0.1) is 6.92 Å². The summed E-state index contributed by atoms with van der Waals surface area (Å²) in [5, 5.41) is 11.5. The second-order valence-corrected chi connectivity index (χ2v) is 4.53. The minimum Gasteiger partial charge on any atom is -0.367 e. The summed E-state index contributed by atoms with van der Waals surface area (Å²) in [4.78, 5) is 2.52. The van der Waals surface area contributed by atoms with Crippen LogP contribution in [0.2, 0.25) is 0 Å². The Morgan fingerprint density at radius 2 is 2.06 bits per heavy atom. The van der Waals surface area contributed by atoms with Crippen molar-refractivity contribution >= 4 is 5.82 Å². The van der Waals surface area contributed by atoms with Crippen LogP contribution in [-0.2, 0) is 0 Å². The lowest BCUT2D eigenvalue weighted by atomic mass is 10.3. The zero-order valence-electron chi connectivity index (χ0n) is 10.1. The normalized spacial score (nSPS) is 18.6. The molecule has 4 nitrogen and oxygen atoms in total. The van der Waals surface area contributed by atoms with Crippen LogP contribution in [0.5, 0.6) is 0 Å². The van der Waals surface area contributed by atoms with Gasteiger partial charge in [-0.3, -0.25) is 4.90 Å². The summed E-state index contributed by atoms with van der Waals surface area (Å²) >= 11 is 0. The molecule has 0 aliphatic carbocycles. The Labute approximate surface area is 97.1 Å². The minimum atomic E-state index is 0.575. The smallest absolute Gasteiger partial charge is 0.148 e. The molecule has 1 N–H and O–H groups in total. The molecule has 1 aromatic heterocycles. The van der Waals surface area contributed by atoms with E-state index in [1.807, 2.05) is 19.1 Å². The molecule has 1 atom stereocenters. The van der Waals surface area contributed by atoms with Gasteiger partial charge >= 0.3 is 0 Å². The van der Waals surface area contributed by atoms with Gasteiger partial charge in [-0.15, -0.1) is 5.10 Å². The summed E-state index contributed by atoms with van der Waals surface area (Å²) in [5.41, 5.74) is 0.957. The molecule has 0 saturated carbocycles. The highest BCUT2D eigenvalue weighted by Gasteiger charge is 2.17. The molecule has 0 aromatic carbocycles. The van der Waals surface area contributed by atoms with Gasteiger partial charge in [-0.25, -0.2) is 0 Å². The van der Waals surface area contributed by atoms with E-state index in [9.17, 15) is 0 Å². The van der Waals surface area contributed by atoms with Crippen LogP contribution in [0.1, 0.15) is 25.5 Å². The molecule has 88 valence electrons. The van der Waals surface area contributed by atoms with Gasteiger partial charge in [0.1, 0.15) is 5.82 Å². The maximum absolute atomic E-state index is 4.10. The van der Waals surface area contributed by atoms with Crippen LogP contribution < -0.4 is 5.32 Å². The number of rotatable bonds is 4. The van der Waals surface area contributed by atoms with Crippen LogP contribution in [-0.4, -0.2) is 40.8 Å². The fourth-order valence-electron chi connectivity index (χ4n) is 2.06. The van der Waals surface area contributed by atoms with E-state index >= 15 is 0 Å². The number of anilines is 1. The molecule has 4 heteroatoms. The maximum atomic E-state index is 4.10. The minimum absolute atomic E-state index is 0.575. The molecule has 1 aliphatic rings.